The Bertz CT molecular complexity index is 583. The number of nitrogens with zero attached hydrogens (tertiary/aromatic N) is 2. The highest BCUT2D eigenvalue weighted by molar-refractivity contribution is 5.82. The maximum atomic E-state index is 11.7. The highest BCUT2D eigenvalue weighted by Crippen LogP contribution is 2.27. The average molecular weight is 290 g/mol. The average Bonchev–Trinajstić information content (AvgIpc) is 2.85. The van der Waals surface area contributed by atoms with Crippen molar-refractivity contribution in [2.24, 2.45) is 5.92 Å². The number of carbonyl (C=O) groups excluding carboxylic acids is 1. The summed E-state index contributed by atoms with van der Waals surface area (Å²) in [5.74, 6) is 0.366. The lowest BCUT2D eigenvalue weighted by Crippen LogP contribution is -2.46. The molecule has 2 atom stereocenters. The molecule has 0 aliphatic carbocycles. The molecule has 3 rings (SSSR count). The van der Waals surface area contributed by atoms with Gasteiger partial charge in [0, 0.05) is 43.6 Å². The van der Waals surface area contributed by atoms with Crippen LogP contribution in [0.1, 0.15) is 19.3 Å². The number of nitrogens with one attached hydrogen (secondary N) is 1. The van der Waals surface area contributed by atoms with Crippen LogP contribution in [0.15, 0.2) is 23.1 Å². The number of rotatable bonds is 4. The van der Waals surface area contributed by atoms with Crippen molar-refractivity contribution < 1.29 is 4.79 Å². The molecule has 114 valence electrons. The molecule has 2 aliphatic rings. The zero-order chi connectivity index (χ0) is 14.8. The van der Waals surface area contributed by atoms with Gasteiger partial charge in [-0.25, -0.2) is 0 Å². The second-order valence-corrected chi connectivity index (χ2v) is 5.94. The van der Waals surface area contributed by atoms with Crippen LogP contribution in [-0.4, -0.2) is 41.1 Å². The van der Waals surface area contributed by atoms with Crippen LogP contribution in [0.2, 0.25) is 0 Å². The van der Waals surface area contributed by atoms with Crippen LogP contribution in [0.5, 0.6) is 0 Å². The van der Waals surface area contributed by atoms with Gasteiger partial charge in [0.25, 0.3) is 5.56 Å². The van der Waals surface area contributed by atoms with Gasteiger partial charge in [-0.15, -0.1) is 0 Å². The lowest BCUT2D eigenvalue weighted by molar-refractivity contribution is -0.124. The van der Waals surface area contributed by atoms with Gasteiger partial charge in [0.2, 0.25) is 5.91 Å². The molecule has 0 saturated carbocycles. The first-order valence-electron chi connectivity index (χ1n) is 7.63. The standard InChI is InChI=1S/C15H22N4O2/c16-11-4-5-14(20)19(10-11)8-2-7-18-6-1-3-12-13(18)9-17-15(12)21/h4-5,10,12-13H,1-3,6-9,16H2,(H,17,21). The van der Waals surface area contributed by atoms with Crippen molar-refractivity contribution in [1.82, 2.24) is 14.8 Å². The van der Waals surface area contributed by atoms with Gasteiger partial charge in [-0.3, -0.25) is 14.5 Å². The van der Waals surface area contributed by atoms with Gasteiger partial charge in [-0.2, -0.15) is 0 Å². The number of nitrogen functional groups attached to an aromatic ring is 1. The lowest BCUT2D eigenvalue weighted by atomic mass is 9.91. The van der Waals surface area contributed by atoms with E-state index in [0.717, 1.165) is 38.9 Å². The van der Waals surface area contributed by atoms with E-state index in [1.54, 1.807) is 16.8 Å². The number of amides is 1. The Morgan fingerprint density at radius 3 is 3.00 bits per heavy atom. The quantitative estimate of drug-likeness (QED) is 0.820. The summed E-state index contributed by atoms with van der Waals surface area (Å²) in [5.41, 5.74) is 6.31. The Labute approximate surface area is 123 Å². The van der Waals surface area contributed by atoms with Crippen LogP contribution in [-0.2, 0) is 11.3 Å². The zero-order valence-electron chi connectivity index (χ0n) is 12.1. The number of nitrogens with two attached hydrogens (primary N) is 1. The van der Waals surface area contributed by atoms with E-state index >= 15 is 0 Å². The van der Waals surface area contributed by atoms with E-state index in [0.29, 0.717) is 18.3 Å². The summed E-state index contributed by atoms with van der Waals surface area (Å²) in [5, 5.41) is 2.96. The first-order valence-corrected chi connectivity index (χ1v) is 7.63. The molecule has 2 aliphatic heterocycles. The van der Waals surface area contributed by atoms with E-state index in [4.69, 9.17) is 5.73 Å². The summed E-state index contributed by atoms with van der Waals surface area (Å²) in [6, 6.07) is 3.47. The molecule has 1 aromatic rings. The topological polar surface area (TPSA) is 80.4 Å². The molecule has 0 spiro atoms. The number of hydrogen-bond acceptors (Lipinski definition) is 4. The Morgan fingerprint density at radius 2 is 2.14 bits per heavy atom. The molecule has 0 aromatic carbocycles. The van der Waals surface area contributed by atoms with E-state index in [1.165, 1.54) is 6.07 Å². The van der Waals surface area contributed by atoms with Crippen molar-refractivity contribution in [3.63, 3.8) is 0 Å². The number of carbonyl (C=O) groups is 1. The van der Waals surface area contributed by atoms with Crippen molar-refractivity contribution >= 4 is 11.6 Å². The van der Waals surface area contributed by atoms with Gasteiger partial charge in [0.15, 0.2) is 0 Å². The zero-order valence-corrected chi connectivity index (χ0v) is 12.1. The SMILES string of the molecule is Nc1ccc(=O)n(CCCN2CCCC3C(=O)NCC32)c1. The van der Waals surface area contributed by atoms with E-state index in [2.05, 4.69) is 10.2 Å². The third-order valence-electron chi connectivity index (χ3n) is 4.57. The number of fused-ring (bicyclic) bond motifs is 1. The Morgan fingerprint density at radius 1 is 1.29 bits per heavy atom. The van der Waals surface area contributed by atoms with Crippen LogP contribution in [0.3, 0.4) is 0 Å². The minimum absolute atomic E-state index is 0.0153. The molecular formula is C15H22N4O2. The molecule has 2 saturated heterocycles. The van der Waals surface area contributed by atoms with Crippen LogP contribution >= 0.6 is 0 Å². The van der Waals surface area contributed by atoms with Gasteiger partial charge >= 0.3 is 0 Å². The molecule has 0 bridgehead atoms. The van der Waals surface area contributed by atoms with E-state index < -0.39 is 0 Å². The smallest absolute Gasteiger partial charge is 0.250 e. The number of pyridine rings is 1. The summed E-state index contributed by atoms with van der Waals surface area (Å²) >= 11 is 0. The molecule has 3 heterocycles. The number of anilines is 1. The van der Waals surface area contributed by atoms with Gasteiger partial charge in [-0.1, -0.05) is 0 Å². The van der Waals surface area contributed by atoms with E-state index in [1.807, 2.05) is 0 Å². The monoisotopic (exact) mass is 290 g/mol. The fourth-order valence-electron chi connectivity index (χ4n) is 3.49. The molecule has 0 radical (unpaired) electrons. The second kappa shape index (κ2) is 5.89. The van der Waals surface area contributed by atoms with Gasteiger partial charge in [0.1, 0.15) is 0 Å². The lowest BCUT2D eigenvalue weighted by Gasteiger charge is -2.35. The Hall–Kier alpha value is -1.82. The van der Waals surface area contributed by atoms with E-state index in [9.17, 15) is 9.59 Å². The predicted octanol–water partition coefficient (Wildman–Crippen LogP) is 0.0310. The van der Waals surface area contributed by atoms with Crippen molar-refractivity contribution in [1.29, 1.82) is 0 Å². The Balaban J connectivity index is 1.56. The van der Waals surface area contributed by atoms with Gasteiger partial charge < -0.3 is 15.6 Å². The third-order valence-corrected chi connectivity index (χ3v) is 4.57. The summed E-state index contributed by atoms with van der Waals surface area (Å²) in [4.78, 5) is 25.8. The summed E-state index contributed by atoms with van der Waals surface area (Å²) in [6.07, 6.45) is 4.66. The minimum atomic E-state index is -0.0153. The number of likely N-dealkylation sites (tertiary alicyclic amines) is 1. The number of hydrogen-bond donors (Lipinski definition) is 2. The molecule has 6 nitrogen and oxygen atoms in total. The first-order chi connectivity index (χ1) is 10.1. The van der Waals surface area contributed by atoms with Crippen LogP contribution < -0.4 is 16.6 Å². The first kappa shape index (κ1) is 14.1. The normalized spacial score (nSPS) is 25.6. The van der Waals surface area contributed by atoms with Crippen molar-refractivity contribution in [2.75, 3.05) is 25.4 Å². The van der Waals surface area contributed by atoms with Crippen molar-refractivity contribution in [3.8, 4) is 0 Å². The molecule has 3 N–H and O–H groups in total. The highest BCUT2D eigenvalue weighted by Gasteiger charge is 2.40. The van der Waals surface area contributed by atoms with Gasteiger partial charge in [-0.05, 0) is 31.9 Å². The molecular weight excluding hydrogens is 268 g/mol. The largest absolute Gasteiger partial charge is 0.398 e. The third kappa shape index (κ3) is 2.95. The molecule has 1 aromatic heterocycles. The fourth-order valence-corrected chi connectivity index (χ4v) is 3.49. The van der Waals surface area contributed by atoms with Crippen molar-refractivity contribution in [2.45, 2.75) is 31.8 Å². The van der Waals surface area contributed by atoms with Gasteiger partial charge in [0.05, 0.1) is 5.92 Å². The Kier molecular flexibility index (Phi) is 3.96. The van der Waals surface area contributed by atoms with Crippen LogP contribution in [0.4, 0.5) is 5.69 Å². The van der Waals surface area contributed by atoms with E-state index in [-0.39, 0.29) is 17.4 Å². The molecule has 6 heteroatoms. The molecule has 2 fully saturated rings. The van der Waals surface area contributed by atoms with Crippen LogP contribution in [0, 0.1) is 5.92 Å². The number of piperidine rings is 1. The number of aryl methyl sites for hydroxylation is 1. The number of aromatic nitrogens is 1. The summed E-state index contributed by atoms with van der Waals surface area (Å²) < 4.78 is 1.66. The summed E-state index contributed by atoms with van der Waals surface area (Å²) in [7, 11) is 0. The minimum Gasteiger partial charge on any atom is -0.398 e. The maximum Gasteiger partial charge on any atom is 0.250 e. The fraction of sp³-hybridized carbons (Fsp3) is 0.600. The molecule has 2 unspecified atom stereocenters. The van der Waals surface area contributed by atoms with Crippen LogP contribution in [0.25, 0.3) is 0 Å². The van der Waals surface area contributed by atoms with Crippen molar-refractivity contribution in [3.05, 3.63) is 28.7 Å². The maximum absolute atomic E-state index is 11.7. The predicted molar refractivity (Wildman–Crippen MR) is 80.8 cm³/mol. The molecule has 21 heavy (non-hydrogen) atoms. The highest BCUT2D eigenvalue weighted by atomic mass is 16.2. The second-order valence-electron chi connectivity index (χ2n) is 5.94. The molecule has 1 amide bonds. The summed E-state index contributed by atoms with van der Waals surface area (Å²) in [6.45, 7) is 3.39.